The van der Waals surface area contributed by atoms with Crippen LogP contribution in [0.15, 0.2) is 21.2 Å². The maximum Gasteiger partial charge on any atom is 0.169 e. The standard InChI is InChI=1S/C8H11BrO3S/c9-8-2-1-7(12-8)5-13-4-6(11)3-10/h1-2,6,10-11H,3-5H2. The van der Waals surface area contributed by atoms with E-state index in [-0.39, 0.29) is 6.61 Å². The lowest BCUT2D eigenvalue weighted by molar-refractivity contribution is 0.113. The van der Waals surface area contributed by atoms with Gasteiger partial charge in [-0.25, -0.2) is 0 Å². The number of aliphatic hydroxyl groups is 2. The van der Waals surface area contributed by atoms with Crippen molar-refractivity contribution in [3.05, 3.63) is 22.6 Å². The van der Waals surface area contributed by atoms with E-state index in [4.69, 9.17) is 14.6 Å². The van der Waals surface area contributed by atoms with Crippen molar-refractivity contribution in [2.75, 3.05) is 12.4 Å². The van der Waals surface area contributed by atoms with Crippen molar-refractivity contribution >= 4 is 27.7 Å². The van der Waals surface area contributed by atoms with Gasteiger partial charge in [-0.3, -0.25) is 0 Å². The fourth-order valence-electron chi connectivity index (χ4n) is 0.778. The van der Waals surface area contributed by atoms with Crippen molar-refractivity contribution in [2.45, 2.75) is 11.9 Å². The van der Waals surface area contributed by atoms with E-state index in [0.29, 0.717) is 16.2 Å². The Hall–Kier alpha value is 0.0300. The van der Waals surface area contributed by atoms with Crippen molar-refractivity contribution in [1.29, 1.82) is 0 Å². The Morgan fingerprint density at radius 1 is 1.54 bits per heavy atom. The predicted molar refractivity (Wildman–Crippen MR) is 55.7 cm³/mol. The first kappa shape index (κ1) is 11.1. The number of rotatable bonds is 5. The molecule has 13 heavy (non-hydrogen) atoms. The molecule has 1 unspecified atom stereocenters. The Labute approximate surface area is 89.3 Å². The summed E-state index contributed by atoms with van der Waals surface area (Å²) < 4.78 is 5.96. The number of halogens is 1. The lowest BCUT2D eigenvalue weighted by Crippen LogP contribution is -2.14. The number of hydrogen-bond donors (Lipinski definition) is 2. The van der Waals surface area contributed by atoms with Gasteiger partial charge in [0.25, 0.3) is 0 Å². The zero-order chi connectivity index (χ0) is 9.68. The molecule has 0 saturated carbocycles. The van der Waals surface area contributed by atoms with E-state index in [1.54, 1.807) is 0 Å². The molecule has 0 aliphatic carbocycles. The van der Waals surface area contributed by atoms with E-state index >= 15 is 0 Å². The molecule has 74 valence electrons. The van der Waals surface area contributed by atoms with Gasteiger partial charge in [0.05, 0.1) is 18.5 Å². The second-order valence-electron chi connectivity index (χ2n) is 2.56. The van der Waals surface area contributed by atoms with E-state index in [2.05, 4.69) is 15.9 Å². The van der Waals surface area contributed by atoms with Gasteiger partial charge in [0.15, 0.2) is 4.67 Å². The van der Waals surface area contributed by atoms with Crippen molar-refractivity contribution in [2.24, 2.45) is 0 Å². The summed E-state index contributed by atoms with van der Waals surface area (Å²) in [4.78, 5) is 0. The molecule has 1 heterocycles. The fraction of sp³-hybridized carbons (Fsp3) is 0.500. The van der Waals surface area contributed by atoms with Gasteiger partial charge in [0, 0.05) is 5.75 Å². The molecule has 0 aromatic carbocycles. The molecule has 0 spiro atoms. The molecular weight excluding hydrogens is 256 g/mol. The van der Waals surface area contributed by atoms with Gasteiger partial charge in [-0.1, -0.05) is 0 Å². The summed E-state index contributed by atoms with van der Waals surface area (Å²) in [6.45, 7) is -0.186. The summed E-state index contributed by atoms with van der Waals surface area (Å²) >= 11 is 4.73. The first-order valence-electron chi connectivity index (χ1n) is 3.83. The Morgan fingerprint density at radius 2 is 2.31 bits per heavy atom. The third-order valence-electron chi connectivity index (χ3n) is 1.39. The minimum atomic E-state index is -0.636. The van der Waals surface area contributed by atoms with Gasteiger partial charge in [0.2, 0.25) is 0 Å². The smallest absolute Gasteiger partial charge is 0.169 e. The lowest BCUT2D eigenvalue weighted by Gasteiger charge is -2.04. The molecule has 2 N–H and O–H groups in total. The first-order chi connectivity index (χ1) is 6.22. The van der Waals surface area contributed by atoms with E-state index in [9.17, 15) is 0 Å². The zero-order valence-corrected chi connectivity index (χ0v) is 9.34. The molecule has 1 atom stereocenters. The fourth-order valence-corrected chi connectivity index (χ4v) is 1.97. The molecule has 0 aliphatic rings. The summed E-state index contributed by atoms with van der Waals surface area (Å²) in [5.74, 6) is 2.10. The Balaban J connectivity index is 2.20. The summed E-state index contributed by atoms with van der Waals surface area (Å²) in [5.41, 5.74) is 0. The van der Waals surface area contributed by atoms with Crippen molar-refractivity contribution in [1.82, 2.24) is 0 Å². The van der Waals surface area contributed by atoms with Crippen LogP contribution in [0.25, 0.3) is 0 Å². The summed E-state index contributed by atoms with van der Waals surface area (Å²) in [5, 5.41) is 17.6. The maximum absolute atomic E-state index is 9.03. The van der Waals surface area contributed by atoms with Crippen LogP contribution in [0.5, 0.6) is 0 Å². The highest BCUT2D eigenvalue weighted by Crippen LogP contribution is 2.19. The van der Waals surface area contributed by atoms with Crippen LogP contribution >= 0.6 is 27.7 Å². The normalized spacial score (nSPS) is 13.2. The van der Waals surface area contributed by atoms with Crippen LogP contribution in [-0.2, 0) is 5.75 Å². The molecule has 5 heteroatoms. The SMILES string of the molecule is OCC(O)CSCc1ccc(Br)o1. The van der Waals surface area contributed by atoms with Gasteiger partial charge in [-0.15, -0.1) is 0 Å². The quantitative estimate of drug-likeness (QED) is 0.851. The highest BCUT2D eigenvalue weighted by molar-refractivity contribution is 9.10. The van der Waals surface area contributed by atoms with Crippen LogP contribution in [0.1, 0.15) is 5.76 Å². The average Bonchev–Trinajstić information content (AvgIpc) is 2.51. The van der Waals surface area contributed by atoms with E-state index in [0.717, 1.165) is 5.76 Å². The average molecular weight is 267 g/mol. The first-order valence-corrected chi connectivity index (χ1v) is 5.78. The van der Waals surface area contributed by atoms with Crippen LogP contribution in [0, 0.1) is 0 Å². The highest BCUT2D eigenvalue weighted by atomic mass is 79.9. The van der Waals surface area contributed by atoms with E-state index in [1.807, 2.05) is 12.1 Å². The second kappa shape index (κ2) is 5.70. The molecule has 0 bridgehead atoms. The van der Waals surface area contributed by atoms with Crippen molar-refractivity contribution in [3.63, 3.8) is 0 Å². The van der Waals surface area contributed by atoms with Gasteiger partial charge in [-0.2, -0.15) is 11.8 Å². The van der Waals surface area contributed by atoms with Crippen molar-refractivity contribution < 1.29 is 14.6 Å². The Morgan fingerprint density at radius 3 is 2.85 bits per heavy atom. The Kier molecular flexibility index (Phi) is 4.87. The molecule has 0 radical (unpaired) electrons. The molecule has 1 aromatic rings. The molecule has 0 saturated heterocycles. The molecule has 1 aromatic heterocycles. The van der Waals surface area contributed by atoms with Crippen LogP contribution < -0.4 is 0 Å². The molecule has 0 amide bonds. The number of thioether (sulfide) groups is 1. The Bertz CT molecular complexity index is 251. The van der Waals surface area contributed by atoms with Gasteiger partial charge in [0.1, 0.15) is 5.76 Å². The van der Waals surface area contributed by atoms with Crippen LogP contribution in [0.4, 0.5) is 0 Å². The third kappa shape index (κ3) is 4.17. The summed E-state index contributed by atoms with van der Waals surface area (Å²) in [6.07, 6.45) is -0.636. The maximum atomic E-state index is 9.03. The number of hydrogen-bond acceptors (Lipinski definition) is 4. The topological polar surface area (TPSA) is 53.6 Å². The minimum Gasteiger partial charge on any atom is -0.453 e. The monoisotopic (exact) mass is 266 g/mol. The second-order valence-corrected chi connectivity index (χ2v) is 4.37. The minimum absolute atomic E-state index is 0.186. The van der Waals surface area contributed by atoms with Crippen LogP contribution in [-0.4, -0.2) is 28.7 Å². The zero-order valence-electron chi connectivity index (χ0n) is 6.94. The molecular formula is C8H11BrO3S. The summed E-state index contributed by atoms with van der Waals surface area (Å²) in [6, 6.07) is 3.71. The van der Waals surface area contributed by atoms with Crippen LogP contribution in [0.2, 0.25) is 0 Å². The number of furan rings is 1. The highest BCUT2D eigenvalue weighted by Gasteiger charge is 2.03. The van der Waals surface area contributed by atoms with Gasteiger partial charge in [-0.05, 0) is 28.1 Å². The van der Waals surface area contributed by atoms with E-state index in [1.165, 1.54) is 11.8 Å². The van der Waals surface area contributed by atoms with Crippen molar-refractivity contribution in [3.8, 4) is 0 Å². The lowest BCUT2D eigenvalue weighted by atomic mass is 10.4. The van der Waals surface area contributed by atoms with Gasteiger partial charge >= 0.3 is 0 Å². The van der Waals surface area contributed by atoms with Crippen LogP contribution in [0.3, 0.4) is 0 Å². The molecule has 0 aliphatic heterocycles. The molecule has 0 fully saturated rings. The number of aliphatic hydroxyl groups excluding tert-OH is 2. The third-order valence-corrected chi connectivity index (χ3v) is 2.93. The predicted octanol–water partition coefficient (Wildman–Crippen LogP) is 1.63. The van der Waals surface area contributed by atoms with Gasteiger partial charge < -0.3 is 14.6 Å². The van der Waals surface area contributed by atoms with E-state index < -0.39 is 6.10 Å². The molecule has 3 nitrogen and oxygen atoms in total. The molecule has 1 rings (SSSR count). The summed E-state index contributed by atoms with van der Waals surface area (Å²) in [7, 11) is 0. The largest absolute Gasteiger partial charge is 0.453 e.